The number of rotatable bonds is 6. The summed E-state index contributed by atoms with van der Waals surface area (Å²) in [6.07, 6.45) is 0. The van der Waals surface area contributed by atoms with Crippen LogP contribution in [-0.2, 0) is 4.79 Å². The molecule has 154 valence electrons. The van der Waals surface area contributed by atoms with Gasteiger partial charge in [0.05, 0.1) is 16.3 Å². The van der Waals surface area contributed by atoms with E-state index < -0.39 is 6.61 Å². The number of carbonyl (C=O) groups is 1. The number of pyridine rings is 1. The molecule has 0 saturated carbocycles. The summed E-state index contributed by atoms with van der Waals surface area (Å²) in [5.41, 5.74) is 3.13. The highest BCUT2D eigenvalue weighted by Gasteiger charge is 2.14. The normalized spacial score (nSPS) is 11.4. The highest BCUT2D eigenvalue weighted by Crippen LogP contribution is 2.29. The predicted molar refractivity (Wildman–Crippen MR) is 113 cm³/mol. The topological polar surface area (TPSA) is 68.5 Å². The second-order valence-corrected chi connectivity index (χ2v) is 7.73. The Bertz CT molecular complexity index is 1250. The zero-order chi connectivity index (χ0) is 21.3. The molecule has 4 aromatic rings. The molecule has 2 heterocycles. The molecular weight excluding hydrogens is 434 g/mol. The number of thioether (sulfide) groups is 1. The Morgan fingerprint density at radius 3 is 2.80 bits per heavy atom. The highest BCUT2D eigenvalue weighted by molar-refractivity contribution is 7.99. The van der Waals surface area contributed by atoms with Crippen molar-refractivity contribution in [2.24, 2.45) is 0 Å². The van der Waals surface area contributed by atoms with Gasteiger partial charge in [0.25, 0.3) is 0 Å². The van der Waals surface area contributed by atoms with E-state index in [0.717, 1.165) is 16.5 Å². The smallest absolute Gasteiger partial charge is 0.387 e. The van der Waals surface area contributed by atoms with Crippen LogP contribution in [0.3, 0.4) is 0 Å². The second-order valence-electron chi connectivity index (χ2n) is 6.38. The van der Waals surface area contributed by atoms with E-state index in [1.165, 1.54) is 30.0 Å². The van der Waals surface area contributed by atoms with Crippen LogP contribution in [0.15, 0.2) is 53.7 Å². The molecule has 0 aliphatic carbocycles. The minimum atomic E-state index is -2.97. The molecular formula is C20H15ClF2N4O2S. The fourth-order valence-corrected chi connectivity index (χ4v) is 4.04. The van der Waals surface area contributed by atoms with Crippen LogP contribution in [0.25, 0.3) is 16.6 Å². The molecule has 0 radical (unpaired) electrons. The first kappa shape index (κ1) is 20.4. The van der Waals surface area contributed by atoms with Crippen LogP contribution in [0, 0.1) is 6.92 Å². The molecule has 0 atom stereocenters. The Labute approximate surface area is 179 Å². The third-order valence-corrected chi connectivity index (χ3v) is 5.56. The zero-order valence-corrected chi connectivity index (χ0v) is 17.2. The molecule has 0 bridgehead atoms. The van der Waals surface area contributed by atoms with Crippen molar-refractivity contribution in [3.8, 4) is 5.75 Å². The van der Waals surface area contributed by atoms with Gasteiger partial charge in [-0.05, 0) is 42.8 Å². The number of aryl methyl sites for hydroxylation is 1. The van der Waals surface area contributed by atoms with Gasteiger partial charge in [-0.15, -0.1) is 10.2 Å². The Morgan fingerprint density at radius 1 is 1.23 bits per heavy atom. The van der Waals surface area contributed by atoms with Crippen molar-refractivity contribution in [1.82, 2.24) is 14.6 Å². The van der Waals surface area contributed by atoms with Crippen LogP contribution in [-0.4, -0.2) is 32.9 Å². The minimum Gasteiger partial charge on any atom is -0.433 e. The Morgan fingerprint density at radius 2 is 2.03 bits per heavy atom. The van der Waals surface area contributed by atoms with E-state index >= 15 is 0 Å². The molecule has 0 aliphatic rings. The molecule has 2 aromatic heterocycles. The lowest BCUT2D eigenvalue weighted by molar-refractivity contribution is -0.113. The molecule has 0 unspecified atom stereocenters. The van der Waals surface area contributed by atoms with E-state index in [-0.39, 0.29) is 22.4 Å². The monoisotopic (exact) mass is 448 g/mol. The number of amides is 1. The minimum absolute atomic E-state index is 0.0222. The molecule has 0 fully saturated rings. The van der Waals surface area contributed by atoms with Gasteiger partial charge in [-0.1, -0.05) is 41.6 Å². The fourth-order valence-electron chi connectivity index (χ4n) is 3.07. The van der Waals surface area contributed by atoms with Crippen LogP contribution in [0.4, 0.5) is 14.5 Å². The van der Waals surface area contributed by atoms with Crippen LogP contribution in [0.5, 0.6) is 5.75 Å². The molecule has 10 heteroatoms. The van der Waals surface area contributed by atoms with E-state index in [9.17, 15) is 13.6 Å². The van der Waals surface area contributed by atoms with E-state index in [2.05, 4.69) is 20.3 Å². The van der Waals surface area contributed by atoms with Gasteiger partial charge in [-0.2, -0.15) is 8.78 Å². The van der Waals surface area contributed by atoms with E-state index in [0.29, 0.717) is 16.5 Å². The van der Waals surface area contributed by atoms with E-state index in [1.54, 1.807) is 0 Å². The van der Waals surface area contributed by atoms with Crippen molar-refractivity contribution < 1.29 is 18.3 Å². The highest BCUT2D eigenvalue weighted by atomic mass is 35.5. The molecule has 0 saturated heterocycles. The molecule has 0 aliphatic heterocycles. The fraction of sp³-hybridized carbons (Fsp3) is 0.150. The molecule has 30 heavy (non-hydrogen) atoms. The number of benzene rings is 2. The number of hydrogen-bond acceptors (Lipinski definition) is 5. The van der Waals surface area contributed by atoms with E-state index in [4.69, 9.17) is 11.6 Å². The number of halogens is 3. The average molecular weight is 449 g/mol. The van der Waals surface area contributed by atoms with Gasteiger partial charge in [0, 0.05) is 11.1 Å². The van der Waals surface area contributed by atoms with Gasteiger partial charge in [0.2, 0.25) is 5.91 Å². The van der Waals surface area contributed by atoms with Gasteiger partial charge in [0.15, 0.2) is 10.8 Å². The second kappa shape index (κ2) is 8.45. The number of nitrogens with zero attached hydrogens (tertiary/aromatic N) is 3. The molecule has 0 spiro atoms. The summed E-state index contributed by atoms with van der Waals surface area (Å²) in [4.78, 5) is 12.4. The van der Waals surface area contributed by atoms with Gasteiger partial charge in [-0.3, -0.25) is 9.20 Å². The van der Waals surface area contributed by atoms with Gasteiger partial charge in [0.1, 0.15) is 5.75 Å². The third kappa shape index (κ3) is 4.17. The molecule has 4 rings (SSSR count). The number of ether oxygens (including phenoxy) is 1. The predicted octanol–water partition coefficient (Wildman–Crippen LogP) is 5.18. The number of alkyl halides is 2. The SMILES string of the molecule is Cc1cc2nnc(SCC(=O)Nc3ccc(OC(F)F)c(Cl)c3)n2c2ccccc12. The number of carbonyl (C=O) groups excluding carboxylic acids is 1. The van der Waals surface area contributed by atoms with E-state index in [1.807, 2.05) is 41.7 Å². The summed E-state index contributed by atoms with van der Waals surface area (Å²) in [5.74, 6) is -0.376. The van der Waals surface area contributed by atoms with Crippen molar-refractivity contribution in [3.05, 3.63) is 59.1 Å². The Hall–Kier alpha value is -2.91. The van der Waals surface area contributed by atoms with Gasteiger partial charge >= 0.3 is 6.61 Å². The molecule has 1 N–H and O–H groups in total. The largest absolute Gasteiger partial charge is 0.433 e. The first-order chi connectivity index (χ1) is 14.4. The van der Waals surface area contributed by atoms with Crippen LogP contribution in [0.1, 0.15) is 5.56 Å². The van der Waals surface area contributed by atoms with Crippen molar-refractivity contribution in [2.75, 3.05) is 11.1 Å². The van der Waals surface area contributed by atoms with Crippen LogP contribution < -0.4 is 10.1 Å². The maximum Gasteiger partial charge on any atom is 0.387 e. The Balaban J connectivity index is 1.49. The lowest BCUT2D eigenvalue weighted by atomic mass is 10.1. The van der Waals surface area contributed by atoms with Gasteiger partial charge in [-0.25, -0.2) is 0 Å². The first-order valence-corrected chi connectivity index (χ1v) is 10.2. The molecule has 1 amide bonds. The quantitative estimate of drug-likeness (QED) is 0.412. The lowest BCUT2D eigenvalue weighted by Gasteiger charge is -2.10. The summed E-state index contributed by atoms with van der Waals surface area (Å²) in [6, 6.07) is 13.9. The van der Waals surface area contributed by atoms with Crippen LogP contribution in [0.2, 0.25) is 5.02 Å². The summed E-state index contributed by atoms with van der Waals surface area (Å²) < 4.78 is 30.8. The maximum absolute atomic E-state index is 12.4. The third-order valence-electron chi connectivity index (χ3n) is 4.34. The summed E-state index contributed by atoms with van der Waals surface area (Å²) >= 11 is 7.15. The van der Waals surface area contributed by atoms with Crippen molar-refractivity contribution in [2.45, 2.75) is 18.7 Å². The number of hydrogen-bond donors (Lipinski definition) is 1. The number of nitrogens with one attached hydrogen (secondary N) is 1. The number of para-hydroxylation sites is 1. The van der Waals surface area contributed by atoms with Gasteiger partial charge < -0.3 is 10.1 Å². The zero-order valence-electron chi connectivity index (χ0n) is 15.6. The number of fused-ring (bicyclic) bond motifs is 3. The molecule has 2 aromatic carbocycles. The lowest BCUT2D eigenvalue weighted by Crippen LogP contribution is -2.14. The molecule has 6 nitrogen and oxygen atoms in total. The number of anilines is 1. The van der Waals surface area contributed by atoms with Crippen molar-refractivity contribution in [3.63, 3.8) is 0 Å². The number of aromatic nitrogens is 3. The first-order valence-electron chi connectivity index (χ1n) is 8.83. The summed E-state index contributed by atoms with van der Waals surface area (Å²) in [6.45, 7) is -0.961. The van der Waals surface area contributed by atoms with Crippen molar-refractivity contribution >= 4 is 51.5 Å². The maximum atomic E-state index is 12.4. The van der Waals surface area contributed by atoms with Crippen LogP contribution >= 0.6 is 23.4 Å². The van der Waals surface area contributed by atoms with Crippen molar-refractivity contribution in [1.29, 1.82) is 0 Å². The standard InChI is InChI=1S/C20H15ClF2N4O2S/c1-11-8-17-25-26-20(27(17)15-5-3-2-4-13(11)15)30-10-18(28)24-12-6-7-16(14(21)9-12)29-19(22)23/h2-9,19H,10H2,1H3,(H,24,28). The average Bonchev–Trinajstić information content (AvgIpc) is 3.11. The Kier molecular flexibility index (Phi) is 5.74. The summed E-state index contributed by atoms with van der Waals surface area (Å²) in [7, 11) is 0. The summed E-state index contributed by atoms with van der Waals surface area (Å²) in [5, 5.41) is 12.7.